The number of aromatic nitrogens is 1. The molecule has 3 aromatic rings. The summed E-state index contributed by atoms with van der Waals surface area (Å²) in [5.41, 5.74) is 0.836. The number of carboxylic acid groups (broad SMARTS) is 1. The quantitative estimate of drug-likeness (QED) is 0.772. The van der Waals surface area contributed by atoms with Crippen LogP contribution in [0.5, 0.6) is 0 Å². The largest absolute Gasteiger partial charge is 0.478 e. The van der Waals surface area contributed by atoms with Gasteiger partial charge in [0.1, 0.15) is 5.82 Å². The number of thiophene rings is 1. The second-order valence-corrected chi connectivity index (χ2v) is 5.11. The summed E-state index contributed by atoms with van der Waals surface area (Å²) >= 11 is 1.50. The molecule has 0 saturated heterocycles. The second-order valence-electron chi connectivity index (χ2n) is 4.03. The number of benzene rings is 1. The van der Waals surface area contributed by atoms with Crippen molar-refractivity contribution in [3.05, 3.63) is 54.0 Å². The third-order valence-electron chi connectivity index (χ3n) is 2.74. The highest BCUT2D eigenvalue weighted by Crippen LogP contribution is 2.32. The Morgan fingerprint density at radius 3 is 2.74 bits per heavy atom. The molecule has 1 N–H and O–H groups in total. The Kier molecular flexibility index (Phi) is 2.76. The van der Waals surface area contributed by atoms with Crippen LogP contribution < -0.4 is 0 Å². The summed E-state index contributed by atoms with van der Waals surface area (Å²) in [5, 5.41) is 9.64. The van der Waals surface area contributed by atoms with Crippen LogP contribution in [-0.4, -0.2) is 16.1 Å². The Morgan fingerprint density at radius 1 is 1.21 bits per heavy atom. The lowest BCUT2D eigenvalue weighted by molar-refractivity contribution is 0.0696. The van der Waals surface area contributed by atoms with Gasteiger partial charge in [0.25, 0.3) is 0 Å². The van der Waals surface area contributed by atoms with Gasteiger partial charge in [0.15, 0.2) is 0 Å². The molecule has 0 aliphatic rings. The van der Waals surface area contributed by atoms with E-state index in [-0.39, 0.29) is 11.4 Å². The SMILES string of the molecule is O=C(O)c1ccc(-c2cc3cc(F)ccc3s2)nc1. The smallest absolute Gasteiger partial charge is 0.337 e. The van der Waals surface area contributed by atoms with Crippen molar-refractivity contribution in [3.63, 3.8) is 0 Å². The minimum absolute atomic E-state index is 0.149. The van der Waals surface area contributed by atoms with Gasteiger partial charge in [-0.15, -0.1) is 11.3 Å². The predicted octanol–water partition coefficient (Wildman–Crippen LogP) is 3.80. The normalized spacial score (nSPS) is 10.8. The lowest BCUT2D eigenvalue weighted by Crippen LogP contribution is -1.96. The van der Waals surface area contributed by atoms with Crippen molar-refractivity contribution in [2.75, 3.05) is 0 Å². The molecule has 0 aliphatic carbocycles. The van der Waals surface area contributed by atoms with Crippen LogP contribution >= 0.6 is 11.3 Å². The monoisotopic (exact) mass is 273 g/mol. The summed E-state index contributed by atoms with van der Waals surface area (Å²) in [6.45, 7) is 0. The fourth-order valence-electron chi connectivity index (χ4n) is 1.81. The van der Waals surface area contributed by atoms with Crippen LogP contribution in [0.2, 0.25) is 0 Å². The Labute approximate surface area is 112 Å². The number of aromatic carboxylic acids is 1. The van der Waals surface area contributed by atoms with Crippen LogP contribution in [-0.2, 0) is 0 Å². The van der Waals surface area contributed by atoms with E-state index in [0.29, 0.717) is 5.69 Å². The van der Waals surface area contributed by atoms with Crippen LogP contribution in [0.15, 0.2) is 42.6 Å². The molecule has 2 heterocycles. The number of carboxylic acids is 1. The molecule has 19 heavy (non-hydrogen) atoms. The number of carbonyl (C=O) groups is 1. The van der Waals surface area contributed by atoms with Gasteiger partial charge in [-0.3, -0.25) is 4.98 Å². The molecule has 2 aromatic heterocycles. The van der Waals surface area contributed by atoms with E-state index in [9.17, 15) is 9.18 Å². The molecular formula is C14H8FNO2S. The Balaban J connectivity index is 2.06. The first-order valence-electron chi connectivity index (χ1n) is 5.52. The van der Waals surface area contributed by atoms with E-state index in [1.807, 2.05) is 6.07 Å². The summed E-state index contributed by atoms with van der Waals surface area (Å²) in [5.74, 6) is -1.27. The first-order chi connectivity index (χ1) is 9.13. The van der Waals surface area contributed by atoms with Crippen molar-refractivity contribution >= 4 is 27.4 Å². The van der Waals surface area contributed by atoms with Crippen molar-refractivity contribution < 1.29 is 14.3 Å². The summed E-state index contributed by atoms with van der Waals surface area (Å²) in [6.07, 6.45) is 1.32. The van der Waals surface area contributed by atoms with Crippen LogP contribution in [0.3, 0.4) is 0 Å². The molecule has 0 amide bonds. The van der Waals surface area contributed by atoms with E-state index in [2.05, 4.69) is 4.98 Å². The van der Waals surface area contributed by atoms with Crippen molar-refractivity contribution in [1.29, 1.82) is 0 Å². The number of halogens is 1. The fourth-order valence-corrected chi connectivity index (χ4v) is 2.83. The standard InChI is InChI=1S/C14H8FNO2S/c15-10-2-4-12-9(5-10)6-13(19-12)11-3-1-8(7-16-11)14(17)18/h1-7H,(H,17,18). The van der Waals surface area contributed by atoms with Gasteiger partial charge in [0.05, 0.1) is 16.1 Å². The van der Waals surface area contributed by atoms with E-state index in [1.54, 1.807) is 12.1 Å². The van der Waals surface area contributed by atoms with Gasteiger partial charge in [0, 0.05) is 10.9 Å². The van der Waals surface area contributed by atoms with Gasteiger partial charge in [-0.1, -0.05) is 0 Å². The van der Waals surface area contributed by atoms with Gasteiger partial charge in [0.2, 0.25) is 0 Å². The highest BCUT2D eigenvalue weighted by molar-refractivity contribution is 7.22. The molecule has 3 nitrogen and oxygen atoms in total. The number of pyridine rings is 1. The number of hydrogen-bond donors (Lipinski definition) is 1. The van der Waals surface area contributed by atoms with E-state index in [4.69, 9.17) is 5.11 Å². The average molecular weight is 273 g/mol. The first-order valence-corrected chi connectivity index (χ1v) is 6.34. The predicted molar refractivity (Wildman–Crippen MR) is 72.0 cm³/mol. The van der Waals surface area contributed by atoms with Crippen molar-refractivity contribution in [2.24, 2.45) is 0 Å². The highest BCUT2D eigenvalue weighted by Gasteiger charge is 2.08. The number of hydrogen-bond acceptors (Lipinski definition) is 3. The van der Waals surface area contributed by atoms with Crippen LogP contribution in [0.4, 0.5) is 4.39 Å². The summed E-state index contributed by atoms with van der Waals surface area (Å²) in [4.78, 5) is 15.8. The van der Waals surface area contributed by atoms with Gasteiger partial charge < -0.3 is 5.11 Å². The van der Waals surface area contributed by atoms with Crippen LogP contribution in [0.25, 0.3) is 20.7 Å². The molecule has 0 unspecified atom stereocenters. The molecular weight excluding hydrogens is 265 g/mol. The maximum absolute atomic E-state index is 13.1. The Morgan fingerprint density at radius 2 is 2.05 bits per heavy atom. The highest BCUT2D eigenvalue weighted by atomic mass is 32.1. The minimum atomic E-state index is -1.00. The maximum Gasteiger partial charge on any atom is 0.337 e. The number of rotatable bonds is 2. The zero-order chi connectivity index (χ0) is 13.4. The third kappa shape index (κ3) is 2.20. The zero-order valence-corrected chi connectivity index (χ0v) is 10.4. The van der Waals surface area contributed by atoms with Gasteiger partial charge in [-0.05, 0) is 41.8 Å². The molecule has 0 bridgehead atoms. The van der Waals surface area contributed by atoms with E-state index in [1.165, 1.54) is 35.7 Å². The molecule has 0 radical (unpaired) electrons. The van der Waals surface area contributed by atoms with Gasteiger partial charge >= 0.3 is 5.97 Å². The lowest BCUT2D eigenvalue weighted by Gasteiger charge is -1.97. The summed E-state index contributed by atoms with van der Waals surface area (Å²) < 4.78 is 14.1. The molecule has 0 spiro atoms. The topological polar surface area (TPSA) is 50.2 Å². The molecule has 0 fully saturated rings. The molecule has 3 rings (SSSR count). The van der Waals surface area contributed by atoms with E-state index in [0.717, 1.165) is 15.0 Å². The molecule has 0 aliphatic heterocycles. The fraction of sp³-hybridized carbons (Fsp3) is 0. The van der Waals surface area contributed by atoms with Crippen LogP contribution in [0.1, 0.15) is 10.4 Å². The van der Waals surface area contributed by atoms with Gasteiger partial charge in [-0.25, -0.2) is 9.18 Å². The van der Waals surface area contributed by atoms with Gasteiger partial charge in [-0.2, -0.15) is 0 Å². The lowest BCUT2D eigenvalue weighted by atomic mass is 10.2. The molecule has 1 aromatic carbocycles. The zero-order valence-electron chi connectivity index (χ0n) is 9.63. The third-order valence-corrected chi connectivity index (χ3v) is 3.88. The van der Waals surface area contributed by atoms with E-state index >= 15 is 0 Å². The number of nitrogens with zero attached hydrogens (tertiary/aromatic N) is 1. The maximum atomic E-state index is 13.1. The van der Waals surface area contributed by atoms with E-state index < -0.39 is 5.97 Å². The molecule has 0 atom stereocenters. The first kappa shape index (κ1) is 11.8. The summed E-state index contributed by atoms with van der Waals surface area (Å²) in [7, 11) is 0. The average Bonchev–Trinajstić information content (AvgIpc) is 2.81. The Hall–Kier alpha value is -2.27. The number of fused-ring (bicyclic) bond motifs is 1. The summed E-state index contributed by atoms with van der Waals surface area (Å²) in [6, 6.07) is 9.64. The molecule has 5 heteroatoms. The van der Waals surface area contributed by atoms with Crippen molar-refractivity contribution in [1.82, 2.24) is 4.98 Å². The second kappa shape index (κ2) is 4.44. The Bertz CT molecular complexity index is 765. The minimum Gasteiger partial charge on any atom is -0.478 e. The van der Waals surface area contributed by atoms with Crippen LogP contribution in [0, 0.1) is 5.82 Å². The van der Waals surface area contributed by atoms with Crippen molar-refractivity contribution in [2.45, 2.75) is 0 Å². The molecule has 94 valence electrons. The van der Waals surface area contributed by atoms with Crippen molar-refractivity contribution in [3.8, 4) is 10.6 Å². The molecule has 0 saturated carbocycles.